The Bertz CT molecular complexity index is 5530. The van der Waals surface area contributed by atoms with E-state index in [0.717, 1.165) is 94.5 Å². The van der Waals surface area contributed by atoms with E-state index in [4.69, 9.17) is 10.5 Å². The number of nitrogens with one attached hydrogen (secondary N) is 4. The lowest BCUT2D eigenvalue weighted by molar-refractivity contribution is 0.1000. The van der Waals surface area contributed by atoms with Crippen molar-refractivity contribution in [2.75, 3.05) is 53.2 Å². The molecule has 37 heteroatoms. The van der Waals surface area contributed by atoms with E-state index in [-0.39, 0.29) is 41.3 Å². The quantitative estimate of drug-likeness (QED) is 0.0314. The van der Waals surface area contributed by atoms with Gasteiger partial charge in [0.2, 0.25) is 29.7 Å². The van der Waals surface area contributed by atoms with Crippen molar-refractivity contribution in [1.29, 1.82) is 0 Å². The molecule has 12 aromatic heterocycles. The number of nitrogens with zero attached hydrogens (tertiary/aromatic N) is 24. The number of amides is 1. The monoisotopic (exact) mass is 1790 g/mol. The van der Waals surface area contributed by atoms with E-state index < -0.39 is 6.09 Å². The van der Waals surface area contributed by atoms with Crippen LogP contribution in [-0.2, 0) is 44.0 Å². The van der Waals surface area contributed by atoms with E-state index >= 15 is 0 Å². The predicted molar refractivity (Wildman–Crippen MR) is 504 cm³/mol. The Morgan fingerprint density at radius 3 is 0.763 bits per heavy atom. The molecule has 6 fully saturated rings. The number of aryl methyl sites for hydroxylation is 1. The first-order valence-corrected chi connectivity index (χ1v) is 47.8. The number of Topliss-reactive ketones (excluding diaryl/α,β-unsaturated/α-hetero) is 6. The Kier molecular flexibility index (Phi) is 34.2. The first-order valence-electron chi connectivity index (χ1n) is 47.8. The molecule has 0 radical (unpaired) electrons. The zero-order chi connectivity index (χ0) is 92.6. The molecule has 0 atom stereocenters. The van der Waals surface area contributed by atoms with Crippen LogP contribution in [0.1, 0.15) is 331 Å². The molecule has 700 valence electrons. The van der Waals surface area contributed by atoms with Gasteiger partial charge in [0, 0.05) is 100 Å². The van der Waals surface area contributed by atoms with Crippen molar-refractivity contribution in [3.63, 3.8) is 0 Å². The Hall–Kier alpha value is -12.2. The molecule has 0 unspecified atom stereocenters. The fourth-order valence-corrected chi connectivity index (χ4v) is 18.6. The number of carbonyl (C=O) groups is 7. The predicted octanol–water partition coefficient (Wildman–Crippen LogP) is 17.4. The lowest BCUT2D eigenvalue weighted by Gasteiger charge is -2.22. The Morgan fingerprint density at radius 2 is 0.511 bits per heavy atom. The summed E-state index contributed by atoms with van der Waals surface area (Å²) in [6, 6.07) is 0. The number of hydrogen-bond acceptors (Lipinski definition) is 30. The van der Waals surface area contributed by atoms with E-state index in [2.05, 4.69) is 129 Å². The van der Waals surface area contributed by atoms with E-state index in [0.29, 0.717) is 150 Å². The summed E-state index contributed by atoms with van der Waals surface area (Å²) in [5, 5.41) is 12.5. The lowest BCUT2D eigenvalue weighted by Crippen LogP contribution is -2.20. The molecule has 0 saturated heterocycles. The summed E-state index contributed by atoms with van der Waals surface area (Å²) >= 11 is 0. The number of ether oxygens (including phenoxy) is 1. The van der Waals surface area contributed by atoms with E-state index in [1.54, 1.807) is 6.92 Å². The third-order valence-corrected chi connectivity index (χ3v) is 25.6. The van der Waals surface area contributed by atoms with Crippen LogP contribution in [0.25, 0.3) is 67.8 Å². The van der Waals surface area contributed by atoms with Crippen molar-refractivity contribution in [1.82, 2.24) is 117 Å². The summed E-state index contributed by atoms with van der Waals surface area (Å²) in [7, 11) is 0. The maximum absolute atomic E-state index is 11.8. The molecule has 6 N–H and O–H groups in total. The van der Waals surface area contributed by atoms with Gasteiger partial charge in [-0.25, -0.2) is 69.6 Å². The molecule has 12 aromatic rings. The molecule has 6 aliphatic carbocycles. The minimum absolute atomic E-state index is 0.0533. The van der Waals surface area contributed by atoms with Gasteiger partial charge in [0.1, 0.15) is 40.0 Å². The number of anilines is 5. The van der Waals surface area contributed by atoms with Gasteiger partial charge >= 0.3 is 6.09 Å². The van der Waals surface area contributed by atoms with E-state index in [9.17, 15) is 33.6 Å². The first-order chi connectivity index (χ1) is 63.4. The Balaban J connectivity index is 0.000000134. The average molecular weight is 1800 g/mol. The van der Waals surface area contributed by atoms with Crippen LogP contribution in [0.15, 0.2) is 37.2 Å². The number of imidazole rings is 6. The van der Waals surface area contributed by atoms with Crippen LogP contribution in [0, 0.1) is 42.4 Å². The van der Waals surface area contributed by atoms with Crippen LogP contribution in [0.2, 0.25) is 0 Å². The van der Waals surface area contributed by atoms with Gasteiger partial charge in [0.15, 0.2) is 102 Å². The minimum atomic E-state index is -0.561. The highest BCUT2D eigenvalue weighted by molar-refractivity contribution is 5.96. The van der Waals surface area contributed by atoms with Gasteiger partial charge in [0.05, 0.1) is 43.8 Å². The molecule has 0 aliphatic heterocycles. The van der Waals surface area contributed by atoms with Crippen LogP contribution in [0.5, 0.6) is 0 Å². The SMILES string of the molecule is CC(=O)c1cnc2nc(C)n(CC3CCCCC3)c2n1.CC(=O)c1cnc2nc(N)n(CC3CCCCC3)c2n1.CCNc1nc2ncc(C(C)=O)nc2n1CC1CCCCC1.CCNc1nc2ncc(C(C)=O)nc2n1CC1CCCCC1.CCNc1nc2ncc(C(C)=O)nc2n1CC1CCCCC1.CCOC(=O)Nc1nc2ncc(C(C)=O)nc2n1CC1CCCCC1. The van der Waals surface area contributed by atoms with Crippen molar-refractivity contribution in [3.05, 3.63) is 77.2 Å². The highest BCUT2D eigenvalue weighted by Crippen LogP contribution is 2.35. The number of hydrogen-bond donors (Lipinski definition) is 5. The molecular weight excluding hydrogens is 1660 g/mol. The van der Waals surface area contributed by atoms with Crippen LogP contribution < -0.4 is 27.0 Å². The van der Waals surface area contributed by atoms with Gasteiger partial charge in [-0.15, -0.1) is 0 Å². The molecule has 18 rings (SSSR count). The van der Waals surface area contributed by atoms with Gasteiger partial charge in [-0.05, 0) is 147 Å². The maximum atomic E-state index is 11.8. The molecular formula is C94H131N29O8. The van der Waals surface area contributed by atoms with Gasteiger partial charge < -0.3 is 31.0 Å². The summed E-state index contributed by atoms with van der Waals surface area (Å²) in [4.78, 5) is 160. The zero-order valence-electron chi connectivity index (χ0n) is 78.3. The second-order valence-corrected chi connectivity index (χ2v) is 35.7. The third-order valence-electron chi connectivity index (χ3n) is 25.6. The zero-order valence-corrected chi connectivity index (χ0v) is 78.3. The molecule has 0 spiro atoms. The molecule has 1 amide bonds. The second-order valence-electron chi connectivity index (χ2n) is 35.7. The molecule has 6 saturated carbocycles. The van der Waals surface area contributed by atoms with Gasteiger partial charge in [-0.1, -0.05) is 116 Å². The lowest BCUT2D eigenvalue weighted by atomic mass is 9.89. The highest BCUT2D eigenvalue weighted by Gasteiger charge is 2.29. The molecule has 12 heterocycles. The maximum Gasteiger partial charge on any atom is 0.413 e. The van der Waals surface area contributed by atoms with Gasteiger partial charge in [0.25, 0.3) is 0 Å². The number of aromatic nitrogens is 24. The van der Waals surface area contributed by atoms with Crippen LogP contribution in [0.3, 0.4) is 0 Å². The fourth-order valence-electron chi connectivity index (χ4n) is 18.6. The van der Waals surface area contributed by atoms with Gasteiger partial charge in [-0.2, -0.15) is 24.9 Å². The second kappa shape index (κ2) is 46.5. The van der Waals surface area contributed by atoms with Crippen molar-refractivity contribution >= 4 is 138 Å². The van der Waals surface area contributed by atoms with Crippen molar-refractivity contribution < 1.29 is 38.3 Å². The standard InChI is InChI=1S/C17H23N5O3.3C16H23N5O.C15H20N4O.C14H19N5O/c1-3-25-17(24)21-16-20-14-15(19-13(9-18-14)11(2)23)22(16)10-12-7-5-4-6-8-12;3*1-3-17-16-20-14-15(19-13(9-18-14)11(2)22)21(16)10-12-7-5-4-6-8-12;1-10(20)13-8-16-14-15(18-13)19(11(2)17-14)9-12-6-4-3-5-7-12;1-9(20)11-7-16-12-13(17-11)19(14(15)18-12)8-10-5-3-2-4-6-10/h9,12H,3-8,10H2,1-2H3,(H,18,20,21,24);3*9,12H,3-8,10H2,1-2H3,(H,17,18,20);8,12H,3-7,9H2,1-2H3;7,10H,2-6,8H2,1H3,(H2,15,16,18). The van der Waals surface area contributed by atoms with Crippen molar-refractivity contribution in [2.45, 2.75) is 308 Å². The summed E-state index contributed by atoms with van der Waals surface area (Å²) < 4.78 is 17.2. The smallest absolute Gasteiger partial charge is 0.413 e. The Morgan fingerprint density at radius 1 is 0.298 bits per heavy atom. The number of fused-ring (bicyclic) bond motifs is 6. The van der Waals surface area contributed by atoms with Crippen LogP contribution >= 0.6 is 0 Å². The fraction of sp³-hybridized carbons (Fsp3) is 0.606. The van der Waals surface area contributed by atoms with Gasteiger partial charge in [-0.3, -0.25) is 56.9 Å². The molecule has 0 bridgehead atoms. The van der Waals surface area contributed by atoms with Crippen LogP contribution in [-0.4, -0.2) is 184 Å². The number of nitrogens with two attached hydrogens (primary N) is 1. The first kappa shape index (κ1) is 96.3. The normalized spacial score (nSPS) is 16.1. The number of carbonyl (C=O) groups excluding carboxylic acids is 7. The van der Waals surface area contributed by atoms with E-state index in [1.165, 1.54) is 259 Å². The molecule has 37 nitrogen and oxygen atoms in total. The highest BCUT2D eigenvalue weighted by atomic mass is 16.5. The topological polar surface area (TPSA) is 464 Å². The largest absolute Gasteiger partial charge is 0.450 e. The molecule has 131 heavy (non-hydrogen) atoms. The minimum Gasteiger partial charge on any atom is -0.450 e. The number of nitrogen functional groups attached to an aromatic ring is 1. The Labute approximate surface area is 763 Å². The van der Waals surface area contributed by atoms with Crippen molar-refractivity contribution in [3.8, 4) is 0 Å². The number of ketones is 6. The summed E-state index contributed by atoms with van der Waals surface area (Å²) in [6.45, 7) is 26.7. The summed E-state index contributed by atoms with van der Waals surface area (Å²) in [5.41, 5.74) is 15.7. The van der Waals surface area contributed by atoms with E-state index in [1.807, 2.05) is 36.8 Å². The van der Waals surface area contributed by atoms with Crippen molar-refractivity contribution in [2.24, 2.45) is 35.5 Å². The average Bonchev–Trinajstić information content (AvgIpc) is 1.65. The summed E-state index contributed by atoms with van der Waals surface area (Å²) in [5.74, 6) is 7.45. The van der Waals surface area contributed by atoms with Crippen LogP contribution in [0.4, 0.5) is 34.5 Å². The summed E-state index contributed by atoms with van der Waals surface area (Å²) in [6.07, 6.45) is 46.6. The third kappa shape index (κ3) is 25.3. The molecule has 6 aliphatic rings. The molecule has 0 aromatic carbocycles. The number of rotatable bonds is 26.